The predicted octanol–water partition coefficient (Wildman–Crippen LogP) is 3.20. The van der Waals surface area contributed by atoms with Crippen LogP contribution in [0.5, 0.6) is 0 Å². The van der Waals surface area contributed by atoms with E-state index in [4.69, 9.17) is 0 Å². The lowest BCUT2D eigenvalue weighted by molar-refractivity contribution is 0.333. The minimum absolute atomic E-state index is 0.941. The lowest BCUT2D eigenvalue weighted by atomic mass is 9.87. The molecule has 0 saturated heterocycles. The van der Waals surface area contributed by atoms with Crippen LogP contribution in [-0.4, -0.2) is 11.5 Å². The Morgan fingerprint density at radius 2 is 2.20 bits per heavy atom. The summed E-state index contributed by atoms with van der Waals surface area (Å²) in [5, 5.41) is 5.60. The van der Waals surface area contributed by atoms with Crippen molar-refractivity contribution in [2.24, 2.45) is 5.92 Å². The third-order valence-corrected chi connectivity index (χ3v) is 3.88. The van der Waals surface area contributed by atoms with Gasteiger partial charge in [-0.25, -0.2) is 4.98 Å². The zero-order valence-corrected chi connectivity index (χ0v) is 10.1. The predicted molar refractivity (Wildman–Crippen MR) is 65.0 cm³/mol. The molecule has 1 N–H and O–H groups in total. The molecule has 1 aromatic heterocycles. The molecule has 1 aromatic rings. The summed E-state index contributed by atoms with van der Waals surface area (Å²) in [4.78, 5) is 4.26. The van der Waals surface area contributed by atoms with Crippen LogP contribution >= 0.6 is 11.3 Å². The fraction of sp³-hybridized carbons (Fsp3) is 0.750. The lowest BCUT2D eigenvalue weighted by Gasteiger charge is -2.21. The Morgan fingerprint density at radius 3 is 2.93 bits per heavy atom. The second-order valence-electron chi connectivity index (χ2n) is 4.45. The van der Waals surface area contributed by atoms with Crippen LogP contribution < -0.4 is 5.32 Å². The van der Waals surface area contributed by atoms with Gasteiger partial charge in [-0.05, 0) is 18.9 Å². The molecule has 0 spiro atoms. The first-order valence-corrected chi connectivity index (χ1v) is 6.97. The van der Waals surface area contributed by atoms with E-state index in [1.165, 1.54) is 44.2 Å². The highest BCUT2D eigenvalue weighted by atomic mass is 32.1. The average Bonchev–Trinajstić information content (AvgIpc) is 2.79. The summed E-state index contributed by atoms with van der Waals surface area (Å²) >= 11 is 1.67. The molecule has 2 nitrogen and oxygen atoms in total. The van der Waals surface area contributed by atoms with Crippen LogP contribution in [0.1, 0.15) is 44.2 Å². The molecule has 15 heavy (non-hydrogen) atoms. The van der Waals surface area contributed by atoms with Crippen LogP contribution in [0.4, 0.5) is 0 Å². The molecule has 84 valence electrons. The Labute approximate surface area is 96.1 Å². The summed E-state index contributed by atoms with van der Waals surface area (Å²) in [5.41, 5.74) is 3.08. The van der Waals surface area contributed by atoms with Gasteiger partial charge in [0.2, 0.25) is 0 Å². The van der Waals surface area contributed by atoms with Gasteiger partial charge < -0.3 is 5.32 Å². The van der Waals surface area contributed by atoms with Gasteiger partial charge in [0.25, 0.3) is 0 Å². The van der Waals surface area contributed by atoms with Crippen molar-refractivity contribution in [3.05, 3.63) is 16.6 Å². The molecule has 0 radical (unpaired) electrons. The quantitative estimate of drug-likeness (QED) is 0.777. The molecule has 1 saturated carbocycles. The maximum atomic E-state index is 4.26. The number of hydrogen-bond acceptors (Lipinski definition) is 3. The Balaban J connectivity index is 1.54. The largest absolute Gasteiger partial charge is 0.311 e. The molecule has 0 aromatic carbocycles. The first kappa shape index (κ1) is 11.1. The summed E-state index contributed by atoms with van der Waals surface area (Å²) in [5.74, 6) is 0.988. The van der Waals surface area contributed by atoms with Crippen LogP contribution in [0.3, 0.4) is 0 Å². The number of nitrogens with zero attached hydrogens (tertiary/aromatic N) is 1. The summed E-state index contributed by atoms with van der Waals surface area (Å²) < 4.78 is 0. The minimum atomic E-state index is 0.941. The monoisotopic (exact) mass is 224 g/mol. The van der Waals surface area contributed by atoms with Gasteiger partial charge in [-0.1, -0.05) is 32.1 Å². The van der Waals surface area contributed by atoms with Crippen LogP contribution in [0, 0.1) is 5.92 Å². The van der Waals surface area contributed by atoms with E-state index in [2.05, 4.69) is 15.7 Å². The number of thiazole rings is 1. The second kappa shape index (κ2) is 6.23. The summed E-state index contributed by atoms with van der Waals surface area (Å²) in [7, 11) is 0. The first-order chi connectivity index (χ1) is 7.45. The normalized spacial score (nSPS) is 18.1. The van der Waals surface area contributed by atoms with E-state index >= 15 is 0 Å². The molecule has 1 fully saturated rings. The van der Waals surface area contributed by atoms with Gasteiger partial charge in [0, 0.05) is 11.9 Å². The van der Waals surface area contributed by atoms with Crippen molar-refractivity contribution in [2.75, 3.05) is 6.54 Å². The van der Waals surface area contributed by atoms with E-state index < -0.39 is 0 Å². The van der Waals surface area contributed by atoms with E-state index in [1.807, 2.05) is 5.51 Å². The number of nitrogens with one attached hydrogen (secondary N) is 1. The van der Waals surface area contributed by atoms with Crippen molar-refractivity contribution < 1.29 is 0 Å². The summed E-state index contributed by atoms with van der Waals surface area (Å²) in [6, 6.07) is 0. The molecule has 0 bridgehead atoms. The van der Waals surface area contributed by atoms with E-state index in [-0.39, 0.29) is 0 Å². The fourth-order valence-electron chi connectivity index (χ4n) is 2.32. The molecular weight excluding hydrogens is 204 g/mol. The molecule has 1 heterocycles. The van der Waals surface area contributed by atoms with E-state index in [9.17, 15) is 0 Å². The van der Waals surface area contributed by atoms with E-state index in [1.54, 1.807) is 11.3 Å². The maximum Gasteiger partial charge on any atom is 0.0795 e. The van der Waals surface area contributed by atoms with Gasteiger partial charge in [0.05, 0.1) is 11.2 Å². The van der Waals surface area contributed by atoms with E-state index in [0.717, 1.165) is 19.0 Å². The average molecular weight is 224 g/mol. The Morgan fingerprint density at radius 1 is 1.33 bits per heavy atom. The van der Waals surface area contributed by atoms with Gasteiger partial charge in [-0.3, -0.25) is 0 Å². The number of rotatable bonds is 5. The van der Waals surface area contributed by atoms with Crippen LogP contribution in [0.25, 0.3) is 0 Å². The van der Waals surface area contributed by atoms with Gasteiger partial charge in [-0.15, -0.1) is 11.3 Å². The minimum Gasteiger partial charge on any atom is -0.311 e. The molecular formula is C12H20N2S. The second-order valence-corrected chi connectivity index (χ2v) is 5.17. The molecule has 2 rings (SSSR count). The molecule has 0 aliphatic heterocycles. The molecule has 3 heteroatoms. The third kappa shape index (κ3) is 3.92. The first-order valence-electron chi connectivity index (χ1n) is 6.03. The Bertz CT molecular complexity index is 253. The van der Waals surface area contributed by atoms with Gasteiger partial charge in [-0.2, -0.15) is 0 Å². The molecule has 1 aliphatic carbocycles. The standard InChI is InChI=1S/C12H20N2S/c1-2-4-11(5-3-1)6-7-13-8-12-9-15-10-14-12/h9-11,13H,1-8H2. The third-order valence-electron chi connectivity index (χ3n) is 3.24. The molecule has 0 unspecified atom stereocenters. The van der Waals surface area contributed by atoms with Crippen molar-refractivity contribution >= 4 is 11.3 Å². The highest BCUT2D eigenvalue weighted by Gasteiger charge is 2.12. The molecule has 0 atom stereocenters. The SMILES string of the molecule is c1nc(CNCCC2CCCCC2)cs1. The van der Waals surface area contributed by atoms with Crippen molar-refractivity contribution in [3.8, 4) is 0 Å². The van der Waals surface area contributed by atoms with Gasteiger partial charge in [0.15, 0.2) is 0 Å². The Kier molecular flexibility index (Phi) is 4.61. The number of aromatic nitrogens is 1. The van der Waals surface area contributed by atoms with Crippen molar-refractivity contribution in [2.45, 2.75) is 45.1 Å². The van der Waals surface area contributed by atoms with Gasteiger partial charge in [0.1, 0.15) is 0 Å². The summed E-state index contributed by atoms with van der Waals surface area (Å²) in [6.45, 7) is 2.10. The highest BCUT2D eigenvalue weighted by Crippen LogP contribution is 2.25. The smallest absolute Gasteiger partial charge is 0.0795 e. The molecule has 1 aliphatic rings. The zero-order valence-electron chi connectivity index (χ0n) is 9.24. The number of hydrogen-bond donors (Lipinski definition) is 1. The van der Waals surface area contributed by atoms with Crippen molar-refractivity contribution in [1.82, 2.24) is 10.3 Å². The lowest BCUT2D eigenvalue weighted by Crippen LogP contribution is -2.19. The summed E-state index contributed by atoms with van der Waals surface area (Å²) in [6.07, 6.45) is 8.64. The topological polar surface area (TPSA) is 24.9 Å². The fourth-order valence-corrected chi connectivity index (χ4v) is 2.88. The maximum absolute atomic E-state index is 4.26. The van der Waals surface area contributed by atoms with Crippen molar-refractivity contribution in [1.29, 1.82) is 0 Å². The Hall–Kier alpha value is -0.410. The molecule has 0 amide bonds. The zero-order chi connectivity index (χ0) is 10.3. The van der Waals surface area contributed by atoms with E-state index in [0.29, 0.717) is 0 Å². The van der Waals surface area contributed by atoms with Crippen molar-refractivity contribution in [3.63, 3.8) is 0 Å². The van der Waals surface area contributed by atoms with Crippen LogP contribution in [-0.2, 0) is 6.54 Å². The van der Waals surface area contributed by atoms with Crippen LogP contribution in [0.2, 0.25) is 0 Å². The van der Waals surface area contributed by atoms with Crippen LogP contribution in [0.15, 0.2) is 10.9 Å². The van der Waals surface area contributed by atoms with Gasteiger partial charge >= 0.3 is 0 Å². The highest BCUT2D eigenvalue weighted by molar-refractivity contribution is 7.07.